The van der Waals surface area contributed by atoms with Crippen molar-refractivity contribution >= 4 is 0 Å². The number of hydrogen-bond acceptors (Lipinski definition) is 2. The molecule has 2 nitrogen and oxygen atoms in total. The summed E-state index contributed by atoms with van der Waals surface area (Å²) >= 11 is 0. The molecule has 1 fully saturated rings. The maximum Gasteiger partial charge on any atom is 0.391 e. The SMILES string of the molecule is OCC(F)(F)CNC1CCC(C(F)(F)F)CC1. The molecule has 0 aliphatic heterocycles. The van der Waals surface area contributed by atoms with E-state index >= 15 is 0 Å². The van der Waals surface area contributed by atoms with Crippen LogP contribution in [0, 0.1) is 5.92 Å². The van der Waals surface area contributed by atoms with Crippen LogP contribution in [0.1, 0.15) is 25.7 Å². The van der Waals surface area contributed by atoms with E-state index in [1.54, 1.807) is 0 Å². The minimum Gasteiger partial charge on any atom is -0.390 e. The Kier molecular flexibility index (Phi) is 4.71. The first kappa shape index (κ1) is 14.6. The van der Waals surface area contributed by atoms with E-state index in [0.717, 1.165) is 0 Å². The fraction of sp³-hybridized carbons (Fsp3) is 1.00. The number of hydrogen-bond donors (Lipinski definition) is 2. The first-order chi connectivity index (χ1) is 7.74. The quantitative estimate of drug-likeness (QED) is 0.761. The van der Waals surface area contributed by atoms with E-state index in [9.17, 15) is 22.0 Å². The Morgan fingerprint density at radius 1 is 1.00 bits per heavy atom. The van der Waals surface area contributed by atoms with Crippen molar-refractivity contribution in [3.8, 4) is 0 Å². The summed E-state index contributed by atoms with van der Waals surface area (Å²) in [4.78, 5) is 0. The lowest BCUT2D eigenvalue weighted by Crippen LogP contribution is -2.43. The van der Waals surface area contributed by atoms with E-state index in [1.807, 2.05) is 0 Å². The van der Waals surface area contributed by atoms with Crippen LogP contribution in [-0.4, -0.2) is 36.4 Å². The standard InChI is InChI=1S/C10H16F5NO/c11-9(12,6-17)5-16-8-3-1-7(2-4-8)10(13,14)15/h7-8,16-17H,1-6H2. The highest BCUT2D eigenvalue weighted by atomic mass is 19.4. The lowest BCUT2D eigenvalue weighted by Gasteiger charge is -2.31. The van der Waals surface area contributed by atoms with Crippen molar-refractivity contribution in [3.63, 3.8) is 0 Å². The molecule has 1 aliphatic rings. The average Bonchev–Trinajstić information content (AvgIpc) is 2.26. The molecule has 0 heterocycles. The summed E-state index contributed by atoms with van der Waals surface area (Å²) in [5, 5.41) is 10.8. The fourth-order valence-electron chi connectivity index (χ4n) is 1.97. The molecule has 0 aromatic rings. The van der Waals surface area contributed by atoms with Gasteiger partial charge in [-0.15, -0.1) is 0 Å². The Bertz CT molecular complexity index is 235. The molecule has 2 N–H and O–H groups in total. The molecule has 102 valence electrons. The second kappa shape index (κ2) is 5.48. The first-order valence-corrected chi connectivity index (χ1v) is 5.53. The molecule has 1 rings (SSSR count). The molecule has 0 spiro atoms. The van der Waals surface area contributed by atoms with Crippen molar-refractivity contribution in [1.29, 1.82) is 0 Å². The van der Waals surface area contributed by atoms with E-state index in [0.29, 0.717) is 0 Å². The van der Waals surface area contributed by atoms with E-state index in [2.05, 4.69) is 5.32 Å². The van der Waals surface area contributed by atoms with Gasteiger partial charge in [0.2, 0.25) is 0 Å². The van der Waals surface area contributed by atoms with Gasteiger partial charge in [-0.3, -0.25) is 0 Å². The summed E-state index contributed by atoms with van der Waals surface area (Å²) in [6.07, 6.45) is -3.74. The number of halogens is 5. The van der Waals surface area contributed by atoms with Crippen LogP contribution < -0.4 is 5.32 Å². The second-order valence-electron chi connectivity index (χ2n) is 4.49. The third-order valence-corrected chi connectivity index (χ3v) is 3.07. The molecular weight excluding hydrogens is 245 g/mol. The van der Waals surface area contributed by atoms with Gasteiger partial charge >= 0.3 is 6.18 Å². The molecule has 7 heteroatoms. The molecule has 1 aliphatic carbocycles. The van der Waals surface area contributed by atoms with Crippen LogP contribution in [0.2, 0.25) is 0 Å². The van der Waals surface area contributed by atoms with Crippen LogP contribution >= 0.6 is 0 Å². The minimum absolute atomic E-state index is 0.0220. The molecule has 0 unspecified atom stereocenters. The van der Waals surface area contributed by atoms with Gasteiger partial charge in [0.05, 0.1) is 12.5 Å². The average molecular weight is 261 g/mol. The van der Waals surface area contributed by atoms with Crippen LogP contribution in [0.25, 0.3) is 0 Å². The van der Waals surface area contributed by atoms with Gasteiger partial charge in [-0.05, 0) is 25.7 Å². The predicted molar refractivity (Wildman–Crippen MR) is 51.8 cm³/mol. The van der Waals surface area contributed by atoms with Crippen molar-refractivity contribution in [2.45, 2.75) is 43.8 Å². The molecule has 0 radical (unpaired) electrons. The van der Waals surface area contributed by atoms with Gasteiger partial charge < -0.3 is 10.4 Å². The number of nitrogens with one attached hydrogen (secondary N) is 1. The number of rotatable bonds is 4. The molecule has 0 aromatic heterocycles. The maximum atomic E-state index is 12.7. The summed E-state index contributed by atoms with van der Waals surface area (Å²) < 4.78 is 62.3. The van der Waals surface area contributed by atoms with Gasteiger partial charge in [0, 0.05) is 6.04 Å². The second-order valence-corrected chi connectivity index (χ2v) is 4.49. The summed E-state index contributed by atoms with van der Waals surface area (Å²) in [6, 6.07) is -0.314. The van der Waals surface area contributed by atoms with Crippen LogP contribution in [-0.2, 0) is 0 Å². The zero-order chi connectivity index (χ0) is 13.1. The highest BCUT2D eigenvalue weighted by Gasteiger charge is 2.41. The van der Waals surface area contributed by atoms with Gasteiger partial charge in [-0.1, -0.05) is 0 Å². The Labute approximate surface area is 96.2 Å². The lowest BCUT2D eigenvalue weighted by atomic mass is 9.85. The van der Waals surface area contributed by atoms with E-state index in [-0.39, 0.29) is 31.7 Å². The van der Waals surface area contributed by atoms with Crippen molar-refractivity contribution in [2.75, 3.05) is 13.2 Å². The normalized spacial score (nSPS) is 27.2. The largest absolute Gasteiger partial charge is 0.391 e. The van der Waals surface area contributed by atoms with Gasteiger partial charge in [0.1, 0.15) is 6.61 Å². The first-order valence-electron chi connectivity index (χ1n) is 5.53. The van der Waals surface area contributed by atoms with Crippen LogP contribution in [0.3, 0.4) is 0 Å². The van der Waals surface area contributed by atoms with E-state index < -0.39 is 31.2 Å². The van der Waals surface area contributed by atoms with Gasteiger partial charge in [0.15, 0.2) is 0 Å². The number of aliphatic hydroxyl groups excluding tert-OH is 1. The molecule has 0 saturated heterocycles. The van der Waals surface area contributed by atoms with E-state index in [1.165, 1.54) is 0 Å². The summed E-state index contributed by atoms with van der Waals surface area (Å²) in [6.45, 7) is -1.94. The Balaban J connectivity index is 2.29. The van der Waals surface area contributed by atoms with Crippen molar-refractivity contribution in [1.82, 2.24) is 5.32 Å². The summed E-state index contributed by atoms with van der Waals surface area (Å²) in [7, 11) is 0. The smallest absolute Gasteiger partial charge is 0.390 e. The molecule has 0 bridgehead atoms. The summed E-state index contributed by atoms with van der Waals surface area (Å²) in [5.41, 5.74) is 0. The van der Waals surface area contributed by atoms with Gasteiger partial charge in [-0.25, -0.2) is 8.78 Å². The minimum atomic E-state index is -4.18. The third-order valence-electron chi connectivity index (χ3n) is 3.07. The highest BCUT2D eigenvalue weighted by Crippen LogP contribution is 2.37. The topological polar surface area (TPSA) is 32.3 Å². The molecular formula is C10H16F5NO. The van der Waals surface area contributed by atoms with Crippen molar-refractivity contribution in [2.24, 2.45) is 5.92 Å². The van der Waals surface area contributed by atoms with Crippen molar-refractivity contribution in [3.05, 3.63) is 0 Å². The Morgan fingerprint density at radius 3 is 1.94 bits per heavy atom. The third kappa shape index (κ3) is 4.75. The van der Waals surface area contributed by atoms with Gasteiger partial charge in [-0.2, -0.15) is 13.2 Å². The molecule has 0 aromatic carbocycles. The van der Waals surface area contributed by atoms with E-state index in [4.69, 9.17) is 5.11 Å². The zero-order valence-corrected chi connectivity index (χ0v) is 9.23. The van der Waals surface area contributed by atoms with Crippen molar-refractivity contribution < 1.29 is 27.1 Å². The highest BCUT2D eigenvalue weighted by molar-refractivity contribution is 4.82. The Hall–Kier alpha value is -0.430. The molecule has 17 heavy (non-hydrogen) atoms. The Morgan fingerprint density at radius 2 is 1.53 bits per heavy atom. The van der Waals surface area contributed by atoms with Crippen LogP contribution in [0.5, 0.6) is 0 Å². The fourth-order valence-corrected chi connectivity index (χ4v) is 1.97. The van der Waals surface area contributed by atoms with Gasteiger partial charge in [0.25, 0.3) is 5.92 Å². The molecule has 0 atom stereocenters. The molecule has 1 saturated carbocycles. The number of alkyl halides is 5. The lowest BCUT2D eigenvalue weighted by molar-refractivity contribution is -0.183. The summed E-state index contributed by atoms with van der Waals surface area (Å²) in [5.74, 6) is -4.51. The monoisotopic (exact) mass is 261 g/mol. The van der Waals surface area contributed by atoms with Crippen LogP contribution in [0.4, 0.5) is 22.0 Å². The predicted octanol–water partition coefficient (Wildman–Crippen LogP) is 2.32. The van der Waals surface area contributed by atoms with Crippen LogP contribution in [0.15, 0.2) is 0 Å². The maximum absolute atomic E-state index is 12.7. The number of aliphatic hydroxyl groups is 1. The molecule has 0 amide bonds. The zero-order valence-electron chi connectivity index (χ0n) is 9.23.